The molecule has 5 rings (SSSR count). The molecule has 2 heterocycles. The lowest BCUT2D eigenvalue weighted by Gasteiger charge is -2.39. The van der Waals surface area contributed by atoms with Gasteiger partial charge in [0.05, 0.1) is 17.9 Å². The van der Waals surface area contributed by atoms with Gasteiger partial charge in [-0.15, -0.1) is 0 Å². The average molecular weight is 432 g/mol. The topological polar surface area (TPSA) is 67.9 Å². The van der Waals surface area contributed by atoms with Crippen LogP contribution >= 0.6 is 0 Å². The Morgan fingerprint density at radius 2 is 1.78 bits per heavy atom. The lowest BCUT2D eigenvalue weighted by atomic mass is 9.99. The number of ether oxygens (including phenoxy) is 2. The van der Waals surface area contributed by atoms with E-state index >= 15 is 0 Å². The number of hydrogen-bond acceptors (Lipinski definition) is 4. The van der Waals surface area contributed by atoms with Gasteiger partial charge in [-0.1, -0.05) is 42.5 Å². The Balaban J connectivity index is 1.15. The van der Waals surface area contributed by atoms with E-state index in [2.05, 4.69) is 17.4 Å². The fraction of sp³-hybridized carbons (Fsp3) is 0.200. The highest BCUT2D eigenvalue weighted by atomic mass is 19.1. The van der Waals surface area contributed by atoms with Crippen molar-refractivity contribution in [3.8, 4) is 22.6 Å². The van der Waals surface area contributed by atoms with Gasteiger partial charge in [0.2, 0.25) is 0 Å². The van der Waals surface area contributed by atoms with E-state index < -0.39 is 11.7 Å². The molecule has 0 saturated carbocycles. The lowest BCUT2D eigenvalue weighted by molar-refractivity contribution is -0.118. The van der Waals surface area contributed by atoms with Gasteiger partial charge in [-0.2, -0.15) is 0 Å². The molecule has 0 spiro atoms. The quantitative estimate of drug-likeness (QED) is 0.663. The predicted molar refractivity (Wildman–Crippen MR) is 117 cm³/mol. The summed E-state index contributed by atoms with van der Waals surface area (Å²) in [5.74, 6) is -0.230. The number of nitrogens with zero attached hydrogens (tertiary/aromatic N) is 1. The molecule has 0 unspecified atom stereocenters. The van der Waals surface area contributed by atoms with Crippen LogP contribution in [-0.4, -0.2) is 43.0 Å². The summed E-state index contributed by atoms with van der Waals surface area (Å²) in [6, 6.07) is 20.5. The number of rotatable bonds is 5. The van der Waals surface area contributed by atoms with Gasteiger partial charge in [0.1, 0.15) is 17.3 Å². The van der Waals surface area contributed by atoms with Crippen molar-refractivity contribution in [1.29, 1.82) is 0 Å². The Kier molecular flexibility index (Phi) is 5.23. The van der Waals surface area contributed by atoms with E-state index in [4.69, 9.17) is 9.47 Å². The smallest absolute Gasteiger partial charge is 0.262 e. The van der Waals surface area contributed by atoms with Crippen LogP contribution in [0.1, 0.15) is 10.4 Å². The molecule has 7 heteroatoms. The summed E-state index contributed by atoms with van der Waals surface area (Å²) in [4.78, 5) is 25.7. The van der Waals surface area contributed by atoms with E-state index in [-0.39, 0.29) is 29.7 Å². The second kappa shape index (κ2) is 8.34. The van der Waals surface area contributed by atoms with Gasteiger partial charge in [0.25, 0.3) is 11.8 Å². The normalized spacial score (nSPS) is 15.3. The number of carbonyl (C=O) groups excluding carboxylic acids is 2. The first-order chi connectivity index (χ1) is 15.6. The summed E-state index contributed by atoms with van der Waals surface area (Å²) in [6.07, 6.45) is 0. The number of hydrogen-bond donors (Lipinski definition) is 1. The molecule has 0 aliphatic carbocycles. The molecule has 2 aliphatic rings. The van der Waals surface area contributed by atoms with Gasteiger partial charge < -0.3 is 19.7 Å². The standard InChI is InChI=1S/C25H21FN2O4/c26-21-11-23-22(27-24(29)15-32-23)10-20(21)25(30)28-12-16(13-28)14-31-19-8-6-18(7-9-19)17-4-2-1-3-5-17/h1-11,16H,12-15H2,(H,27,29). The molecule has 32 heavy (non-hydrogen) atoms. The molecule has 6 nitrogen and oxygen atoms in total. The second-order valence-corrected chi connectivity index (χ2v) is 7.94. The summed E-state index contributed by atoms with van der Waals surface area (Å²) >= 11 is 0. The number of benzene rings is 3. The molecule has 1 fully saturated rings. The molecular weight excluding hydrogens is 411 g/mol. The molecule has 3 aromatic carbocycles. The van der Waals surface area contributed by atoms with Crippen molar-refractivity contribution in [3.05, 3.63) is 78.1 Å². The monoisotopic (exact) mass is 432 g/mol. The van der Waals surface area contributed by atoms with Crippen LogP contribution in [0, 0.1) is 11.7 Å². The highest BCUT2D eigenvalue weighted by molar-refractivity contribution is 6.00. The molecule has 1 N–H and O–H groups in total. The fourth-order valence-electron chi connectivity index (χ4n) is 3.87. The number of amides is 2. The molecule has 0 radical (unpaired) electrons. The van der Waals surface area contributed by atoms with Crippen LogP contribution in [-0.2, 0) is 4.79 Å². The third-order valence-electron chi connectivity index (χ3n) is 5.62. The fourth-order valence-corrected chi connectivity index (χ4v) is 3.87. The molecule has 1 saturated heterocycles. The summed E-state index contributed by atoms with van der Waals surface area (Å²) in [5.41, 5.74) is 2.50. The van der Waals surface area contributed by atoms with Gasteiger partial charge in [-0.25, -0.2) is 4.39 Å². The molecule has 162 valence electrons. The Morgan fingerprint density at radius 3 is 2.53 bits per heavy atom. The number of likely N-dealkylation sites (tertiary alicyclic amines) is 1. The zero-order valence-corrected chi connectivity index (χ0v) is 17.2. The third-order valence-corrected chi connectivity index (χ3v) is 5.62. The second-order valence-electron chi connectivity index (χ2n) is 7.94. The first-order valence-corrected chi connectivity index (χ1v) is 10.4. The van der Waals surface area contributed by atoms with Gasteiger partial charge in [-0.3, -0.25) is 9.59 Å². The van der Waals surface area contributed by atoms with Crippen LogP contribution in [0.25, 0.3) is 11.1 Å². The molecule has 0 aromatic heterocycles. The van der Waals surface area contributed by atoms with E-state index in [1.54, 1.807) is 4.90 Å². The zero-order valence-electron chi connectivity index (χ0n) is 17.2. The van der Waals surface area contributed by atoms with Crippen LogP contribution in [0.4, 0.5) is 10.1 Å². The minimum Gasteiger partial charge on any atom is -0.493 e. The van der Waals surface area contributed by atoms with Crippen molar-refractivity contribution in [2.45, 2.75) is 0 Å². The van der Waals surface area contributed by atoms with Gasteiger partial charge in [0, 0.05) is 25.1 Å². The summed E-state index contributed by atoms with van der Waals surface area (Å²) in [6.45, 7) is 1.29. The number of nitrogens with one attached hydrogen (secondary N) is 1. The SMILES string of the molecule is O=C1COc2cc(F)c(C(=O)N3CC(COc4ccc(-c5ccccc5)cc4)C3)cc2N1. The van der Waals surface area contributed by atoms with E-state index in [1.165, 1.54) is 6.07 Å². The third kappa shape index (κ3) is 4.01. The number of fused-ring (bicyclic) bond motifs is 1. The minimum atomic E-state index is -0.664. The van der Waals surface area contributed by atoms with Gasteiger partial charge in [-0.05, 0) is 29.3 Å². The van der Waals surface area contributed by atoms with E-state index in [0.29, 0.717) is 25.4 Å². The van der Waals surface area contributed by atoms with E-state index in [9.17, 15) is 14.0 Å². The van der Waals surface area contributed by atoms with Crippen molar-refractivity contribution in [2.24, 2.45) is 5.92 Å². The van der Waals surface area contributed by atoms with Crippen molar-refractivity contribution < 1.29 is 23.5 Å². The minimum absolute atomic E-state index is 0.0783. The zero-order chi connectivity index (χ0) is 22.1. The predicted octanol–water partition coefficient (Wildman–Crippen LogP) is 3.97. The van der Waals surface area contributed by atoms with Crippen LogP contribution in [0.2, 0.25) is 0 Å². The molecule has 0 atom stereocenters. The maximum atomic E-state index is 14.4. The van der Waals surface area contributed by atoms with Gasteiger partial charge in [0.15, 0.2) is 6.61 Å². The van der Waals surface area contributed by atoms with E-state index in [1.807, 2.05) is 42.5 Å². The number of carbonyl (C=O) groups is 2. The van der Waals surface area contributed by atoms with Crippen LogP contribution in [0.15, 0.2) is 66.7 Å². The largest absolute Gasteiger partial charge is 0.493 e. The van der Waals surface area contributed by atoms with Crippen molar-refractivity contribution in [1.82, 2.24) is 4.90 Å². The number of halogens is 1. The molecular formula is C25H21FN2O4. The summed E-state index contributed by atoms with van der Waals surface area (Å²) < 4.78 is 25.5. The molecule has 3 aromatic rings. The van der Waals surface area contributed by atoms with Crippen molar-refractivity contribution in [2.75, 3.05) is 31.6 Å². The Bertz CT molecular complexity index is 1160. The lowest BCUT2D eigenvalue weighted by Crippen LogP contribution is -2.52. The summed E-state index contributed by atoms with van der Waals surface area (Å²) in [5, 5.41) is 2.60. The first kappa shape index (κ1) is 20.1. The molecule has 2 amide bonds. The van der Waals surface area contributed by atoms with Crippen molar-refractivity contribution >= 4 is 17.5 Å². The van der Waals surface area contributed by atoms with Crippen LogP contribution in [0.3, 0.4) is 0 Å². The maximum Gasteiger partial charge on any atom is 0.262 e. The average Bonchev–Trinajstić information content (AvgIpc) is 2.78. The maximum absolute atomic E-state index is 14.4. The Hall–Kier alpha value is -3.87. The van der Waals surface area contributed by atoms with Crippen molar-refractivity contribution in [3.63, 3.8) is 0 Å². The summed E-state index contributed by atoms with van der Waals surface area (Å²) in [7, 11) is 0. The molecule has 0 bridgehead atoms. The number of anilines is 1. The molecule has 2 aliphatic heterocycles. The highest BCUT2D eigenvalue weighted by Crippen LogP contribution is 2.32. The first-order valence-electron chi connectivity index (χ1n) is 10.4. The van der Waals surface area contributed by atoms with Gasteiger partial charge >= 0.3 is 0 Å². The van der Waals surface area contributed by atoms with Crippen LogP contribution < -0.4 is 14.8 Å². The van der Waals surface area contributed by atoms with Crippen LogP contribution in [0.5, 0.6) is 11.5 Å². The Labute approximate surface area is 184 Å². The van der Waals surface area contributed by atoms with E-state index in [0.717, 1.165) is 22.9 Å². The highest BCUT2D eigenvalue weighted by Gasteiger charge is 2.33. The Morgan fingerprint density at radius 1 is 1.06 bits per heavy atom.